The Bertz CT molecular complexity index is 207. The molecule has 1 fully saturated rings. The number of carboxylic acid groups (broad SMARTS) is 1. The predicted molar refractivity (Wildman–Crippen MR) is 45.9 cm³/mol. The lowest BCUT2D eigenvalue weighted by atomic mass is 10.2. The quantitative estimate of drug-likeness (QED) is 0.682. The Labute approximate surface area is 74.9 Å². The fraction of sp³-hybridized carbons (Fsp3) is 0.714. The molecular formula is C7H11NO3S. The molecule has 0 aromatic rings. The molecule has 68 valence electrons. The first-order valence-electron chi connectivity index (χ1n) is 3.68. The summed E-state index contributed by atoms with van der Waals surface area (Å²) in [6.45, 7) is 1.47. The molecule has 0 unspecified atom stereocenters. The highest BCUT2D eigenvalue weighted by Gasteiger charge is 2.28. The van der Waals surface area contributed by atoms with Crippen LogP contribution in [0, 0.1) is 0 Å². The number of carbonyl (C=O) groups is 2. The molecule has 1 saturated heterocycles. The van der Waals surface area contributed by atoms with E-state index in [1.165, 1.54) is 6.92 Å². The molecule has 1 N–H and O–H groups in total. The molecule has 1 rings (SSSR count). The standard InChI is InChI=1S/C7H11NO3S/c1-5(9)8-4-12-3-6(8)2-7(10)11/h6H,2-4H2,1H3,(H,10,11)/t6-/m1/s1. The summed E-state index contributed by atoms with van der Waals surface area (Å²) in [6.07, 6.45) is 0.0621. The lowest BCUT2D eigenvalue weighted by molar-refractivity contribution is -0.139. The zero-order chi connectivity index (χ0) is 9.14. The lowest BCUT2D eigenvalue weighted by Gasteiger charge is -2.20. The van der Waals surface area contributed by atoms with Gasteiger partial charge in [-0.2, -0.15) is 0 Å². The molecule has 1 aliphatic rings. The number of thioether (sulfide) groups is 1. The Morgan fingerprint density at radius 1 is 1.67 bits per heavy atom. The van der Waals surface area contributed by atoms with E-state index in [2.05, 4.69) is 0 Å². The molecule has 0 spiro atoms. The summed E-state index contributed by atoms with van der Waals surface area (Å²) >= 11 is 1.60. The minimum absolute atomic E-state index is 0.0359. The van der Waals surface area contributed by atoms with E-state index in [4.69, 9.17) is 5.11 Å². The molecule has 0 bridgehead atoms. The molecule has 1 aliphatic heterocycles. The second kappa shape index (κ2) is 3.80. The first kappa shape index (κ1) is 9.38. The number of aliphatic carboxylic acids is 1. The molecule has 0 radical (unpaired) electrons. The van der Waals surface area contributed by atoms with Gasteiger partial charge in [-0.1, -0.05) is 0 Å². The molecule has 1 atom stereocenters. The Balaban J connectivity index is 2.52. The van der Waals surface area contributed by atoms with Gasteiger partial charge in [0.2, 0.25) is 5.91 Å². The number of hydrogen-bond donors (Lipinski definition) is 1. The maximum atomic E-state index is 11.0. The summed E-state index contributed by atoms with van der Waals surface area (Å²) in [5, 5.41) is 8.53. The van der Waals surface area contributed by atoms with Crippen molar-refractivity contribution in [3.63, 3.8) is 0 Å². The van der Waals surface area contributed by atoms with E-state index >= 15 is 0 Å². The zero-order valence-electron chi connectivity index (χ0n) is 6.82. The normalized spacial score (nSPS) is 22.8. The third-order valence-corrected chi connectivity index (χ3v) is 2.88. The fourth-order valence-corrected chi connectivity index (χ4v) is 2.47. The van der Waals surface area contributed by atoms with Gasteiger partial charge in [-0.05, 0) is 0 Å². The van der Waals surface area contributed by atoms with Gasteiger partial charge in [-0.3, -0.25) is 9.59 Å². The number of carboxylic acids is 1. The van der Waals surface area contributed by atoms with Gasteiger partial charge >= 0.3 is 5.97 Å². The highest BCUT2D eigenvalue weighted by Crippen LogP contribution is 2.22. The van der Waals surface area contributed by atoms with Gasteiger partial charge in [0.1, 0.15) is 0 Å². The second-order valence-corrected chi connectivity index (χ2v) is 3.74. The number of hydrogen-bond acceptors (Lipinski definition) is 3. The summed E-state index contributed by atoms with van der Waals surface area (Å²) in [4.78, 5) is 22.9. The van der Waals surface area contributed by atoms with Gasteiger partial charge in [0.05, 0.1) is 18.3 Å². The lowest BCUT2D eigenvalue weighted by Crippen LogP contribution is -2.36. The van der Waals surface area contributed by atoms with E-state index in [1.807, 2.05) is 0 Å². The summed E-state index contributed by atoms with van der Waals surface area (Å²) < 4.78 is 0. The molecule has 1 heterocycles. The van der Waals surface area contributed by atoms with Gasteiger partial charge in [-0.15, -0.1) is 11.8 Å². The van der Waals surface area contributed by atoms with Crippen molar-refractivity contribution < 1.29 is 14.7 Å². The second-order valence-electron chi connectivity index (χ2n) is 2.74. The number of rotatable bonds is 2. The largest absolute Gasteiger partial charge is 0.481 e. The van der Waals surface area contributed by atoms with E-state index in [9.17, 15) is 9.59 Å². The molecule has 0 aromatic carbocycles. The van der Waals surface area contributed by atoms with Crippen LogP contribution in [0.2, 0.25) is 0 Å². The third kappa shape index (κ3) is 2.14. The highest BCUT2D eigenvalue weighted by atomic mass is 32.2. The maximum absolute atomic E-state index is 11.0. The minimum Gasteiger partial charge on any atom is -0.481 e. The Morgan fingerprint density at radius 3 is 2.83 bits per heavy atom. The van der Waals surface area contributed by atoms with Gasteiger partial charge in [0.25, 0.3) is 0 Å². The number of nitrogens with zero attached hydrogens (tertiary/aromatic N) is 1. The SMILES string of the molecule is CC(=O)N1CSC[C@H]1CC(=O)O. The fourth-order valence-electron chi connectivity index (χ4n) is 1.20. The van der Waals surface area contributed by atoms with E-state index < -0.39 is 5.97 Å². The molecule has 0 aliphatic carbocycles. The van der Waals surface area contributed by atoms with Crippen LogP contribution < -0.4 is 0 Å². The topological polar surface area (TPSA) is 57.6 Å². The van der Waals surface area contributed by atoms with Crippen molar-refractivity contribution in [1.82, 2.24) is 4.90 Å². The summed E-state index contributed by atoms with van der Waals surface area (Å²) in [5.74, 6) is 0.499. The van der Waals surface area contributed by atoms with Crippen molar-refractivity contribution >= 4 is 23.6 Å². The van der Waals surface area contributed by atoms with Crippen LogP contribution in [0.25, 0.3) is 0 Å². The van der Waals surface area contributed by atoms with E-state index in [0.29, 0.717) is 5.88 Å². The van der Waals surface area contributed by atoms with Crippen LogP contribution in [0.4, 0.5) is 0 Å². The van der Waals surface area contributed by atoms with Crippen LogP contribution in [-0.4, -0.2) is 39.6 Å². The average molecular weight is 189 g/mol. The van der Waals surface area contributed by atoms with Gasteiger partial charge in [0, 0.05) is 12.7 Å². The molecule has 0 saturated carbocycles. The molecule has 12 heavy (non-hydrogen) atoms. The van der Waals surface area contributed by atoms with Crippen LogP contribution in [0.15, 0.2) is 0 Å². The molecule has 0 aromatic heterocycles. The predicted octanol–water partition coefficient (Wildman–Crippen LogP) is 0.383. The zero-order valence-corrected chi connectivity index (χ0v) is 7.63. The van der Waals surface area contributed by atoms with Crippen molar-refractivity contribution in [2.24, 2.45) is 0 Å². The van der Waals surface area contributed by atoms with Crippen LogP contribution in [0.5, 0.6) is 0 Å². The van der Waals surface area contributed by atoms with Crippen molar-refractivity contribution in [3.05, 3.63) is 0 Å². The smallest absolute Gasteiger partial charge is 0.305 e. The van der Waals surface area contributed by atoms with Crippen molar-refractivity contribution in [2.75, 3.05) is 11.6 Å². The monoisotopic (exact) mass is 189 g/mol. The van der Waals surface area contributed by atoms with Crippen LogP contribution >= 0.6 is 11.8 Å². The van der Waals surface area contributed by atoms with E-state index in [-0.39, 0.29) is 18.4 Å². The number of carbonyl (C=O) groups excluding carboxylic acids is 1. The van der Waals surface area contributed by atoms with Gasteiger partial charge in [-0.25, -0.2) is 0 Å². The molecule has 4 nitrogen and oxygen atoms in total. The molecule has 5 heteroatoms. The van der Waals surface area contributed by atoms with E-state index in [0.717, 1.165) is 5.75 Å². The van der Waals surface area contributed by atoms with Gasteiger partial charge < -0.3 is 10.0 Å². The van der Waals surface area contributed by atoms with Crippen LogP contribution in [-0.2, 0) is 9.59 Å². The maximum Gasteiger partial charge on any atom is 0.305 e. The minimum atomic E-state index is -0.839. The Morgan fingerprint density at radius 2 is 2.33 bits per heavy atom. The summed E-state index contributed by atoms with van der Waals surface area (Å²) in [7, 11) is 0. The number of amides is 1. The first-order chi connectivity index (χ1) is 5.61. The Hall–Kier alpha value is -0.710. The first-order valence-corrected chi connectivity index (χ1v) is 4.83. The molecular weight excluding hydrogens is 178 g/mol. The van der Waals surface area contributed by atoms with Crippen LogP contribution in [0.1, 0.15) is 13.3 Å². The van der Waals surface area contributed by atoms with Crippen molar-refractivity contribution in [1.29, 1.82) is 0 Å². The average Bonchev–Trinajstić information content (AvgIpc) is 2.33. The van der Waals surface area contributed by atoms with Gasteiger partial charge in [0.15, 0.2) is 0 Å². The third-order valence-electron chi connectivity index (χ3n) is 1.80. The summed E-state index contributed by atoms with van der Waals surface area (Å²) in [5.41, 5.74) is 0. The van der Waals surface area contributed by atoms with Crippen molar-refractivity contribution in [2.45, 2.75) is 19.4 Å². The van der Waals surface area contributed by atoms with Crippen molar-refractivity contribution in [3.8, 4) is 0 Å². The molecule has 1 amide bonds. The summed E-state index contributed by atoms with van der Waals surface area (Å²) in [6, 6.07) is -0.106. The van der Waals surface area contributed by atoms with Crippen LogP contribution in [0.3, 0.4) is 0 Å². The Kier molecular flexibility index (Phi) is 2.97. The highest BCUT2D eigenvalue weighted by molar-refractivity contribution is 7.99. The van der Waals surface area contributed by atoms with E-state index in [1.54, 1.807) is 16.7 Å².